The fraction of sp³-hybridized carbons (Fsp3) is 0.429. The van der Waals surface area contributed by atoms with Gasteiger partial charge in [-0.05, 0) is 37.1 Å². The summed E-state index contributed by atoms with van der Waals surface area (Å²) in [5.74, 6) is 0. The van der Waals surface area contributed by atoms with Crippen molar-refractivity contribution < 1.29 is 9.90 Å². The fourth-order valence-corrected chi connectivity index (χ4v) is 1.60. The minimum Gasteiger partial charge on any atom is -0.396 e. The maximum absolute atomic E-state index is 11.5. The van der Waals surface area contributed by atoms with Crippen LogP contribution in [-0.4, -0.2) is 24.3 Å². The number of urea groups is 1. The molecule has 19 heavy (non-hydrogen) atoms. The summed E-state index contributed by atoms with van der Waals surface area (Å²) in [5.41, 5.74) is 1.23. The second-order valence-corrected chi connectivity index (χ2v) is 4.21. The SMILES string of the molecule is N#Cc1ccc(NC(=O)NCCCCCCO)cc1. The van der Waals surface area contributed by atoms with Gasteiger partial charge in [-0.1, -0.05) is 12.8 Å². The molecule has 0 spiro atoms. The maximum Gasteiger partial charge on any atom is 0.319 e. The molecule has 0 atom stereocenters. The largest absolute Gasteiger partial charge is 0.396 e. The third-order valence-electron chi connectivity index (χ3n) is 2.64. The predicted molar refractivity (Wildman–Crippen MR) is 73.7 cm³/mol. The summed E-state index contributed by atoms with van der Waals surface area (Å²) < 4.78 is 0. The number of carbonyl (C=O) groups is 1. The lowest BCUT2D eigenvalue weighted by molar-refractivity contribution is 0.251. The van der Waals surface area contributed by atoms with E-state index in [-0.39, 0.29) is 12.6 Å². The van der Waals surface area contributed by atoms with E-state index in [0.717, 1.165) is 25.7 Å². The summed E-state index contributed by atoms with van der Waals surface area (Å²) in [5, 5.41) is 22.7. The molecule has 0 radical (unpaired) electrons. The highest BCUT2D eigenvalue weighted by Crippen LogP contribution is 2.08. The van der Waals surface area contributed by atoms with Crippen molar-refractivity contribution in [3.05, 3.63) is 29.8 Å². The Hall–Kier alpha value is -2.06. The van der Waals surface area contributed by atoms with Gasteiger partial charge in [-0.3, -0.25) is 0 Å². The molecule has 2 amide bonds. The number of nitrogens with one attached hydrogen (secondary N) is 2. The zero-order valence-corrected chi connectivity index (χ0v) is 10.9. The lowest BCUT2D eigenvalue weighted by atomic mass is 10.2. The molecule has 1 rings (SSSR count). The number of aliphatic hydroxyl groups is 1. The Balaban J connectivity index is 2.18. The molecular formula is C14H19N3O2. The fourth-order valence-electron chi connectivity index (χ4n) is 1.60. The highest BCUT2D eigenvalue weighted by Gasteiger charge is 2.00. The smallest absolute Gasteiger partial charge is 0.319 e. The quantitative estimate of drug-likeness (QED) is 0.658. The minimum absolute atomic E-state index is 0.229. The molecule has 1 aromatic rings. The summed E-state index contributed by atoms with van der Waals surface area (Å²) in [4.78, 5) is 11.5. The van der Waals surface area contributed by atoms with Crippen LogP contribution < -0.4 is 10.6 Å². The molecule has 0 unspecified atom stereocenters. The monoisotopic (exact) mass is 261 g/mol. The summed E-state index contributed by atoms with van der Waals surface area (Å²) in [6, 6.07) is 8.48. The first-order valence-electron chi connectivity index (χ1n) is 6.42. The average Bonchev–Trinajstić information content (AvgIpc) is 2.43. The van der Waals surface area contributed by atoms with E-state index in [1.165, 1.54) is 0 Å². The second-order valence-electron chi connectivity index (χ2n) is 4.21. The zero-order valence-electron chi connectivity index (χ0n) is 10.9. The highest BCUT2D eigenvalue weighted by atomic mass is 16.2. The number of benzene rings is 1. The molecule has 0 saturated carbocycles. The Bertz CT molecular complexity index is 423. The molecule has 0 aromatic heterocycles. The highest BCUT2D eigenvalue weighted by molar-refractivity contribution is 5.89. The van der Waals surface area contributed by atoms with Crippen LogP contribution in [0.3, 0.4) is 0 Å². The van der Waals surface area contributed by atoms with Crippen LogP contribution in [0.25, 0.3) is 0 Å². The van der Waals surface area contributed by atoms with Crippen LogP contribution in [0, 0.1) is 11.3 Å². The molecule has 3 N–H and O–H groups in total. The van der Waals surface area contributed by atoms with Gasteiger partial charge in [0.15, 0.2) is 0 Å². The van der Waals surface area contributed by atoms with Crippen LogP contribution in [0.2, 0.25) is 0 Å². The van der Waals surface area contributed by atoms with E-state index in [2.05, 4.69) is 10.6 Å². The van der Waals surface area contributed by atoms with Gasteiger partial charge in [0, 0.05) is 18.8 Å². The van der Waals surface area contributed by atoms with Crippen molar-refractivity contribution in [2.24, 2.45) is 0 Å². The third kappa shape index (κ3) is 6.43. The standard InChI is InChI=1S/C14H19N3O2/c15-11-12-5-7-13(8-6-12)17-14(19)16-9-3-1-2-4-10-18/h5-8,18H,1-4,9-10H2,(H2,16,17,19). The van der Waals surface area contributed by atoms with E-state index in [1.807, 2.05) is 6.07 Å². The Morgan fingerprint density at radius 3 is 2.47 bits per heavy atom. The van der Waals surface area contributed by atoms with Gasteiger partial charge in [0.25, 0.3) is 0 Å². The van der Waals surface area contributed by atoms with E-state index >= 15 is 0 Å². The van der Waals surface area contributed by atoms with Gasteiger partial charge in [0.1, 0.15) is 0 Å². The number of aliphatic hydroxyl groups excluding tert-OH is 1. The molecule has 102 valence electrons. The van der Waals surface area contributed by atoms with Crippen LogP contribution >= 0.6 is 0 Å². The molecule has 0 fully saturated rings. The molecule has 0 heterocycles. The van der Waals surface area contributed by atoms with E-state index in [1.54, 1.807) is 24.3 Å². The van der Waals surface area contributed by atoms with Crippen LogP contribution in [0.15, 0.2) is 24.3 Å². The van der Waals surface area contributed by atoms with Crippen molar-refractivity contribution in [2.75, 3.05) is 18.5 Å². The molecule has 0 saturated heterocycles. The van der Waals surface area contributed by atoms with Crippen molar-refractivity contribution >= 4 is 11.7 Å². The van der Waals surface area contributed by atoms with Crippen molar-refractivity contribution in [3.8, 4) is 6.07 Å². The van der Waals surface area contributed by atoms with Gasteiger partial charge >= 0.3 is 6.03 Å². The maximum atomic E-state index is 11.5. The molecular weight excluding hydrogens is 242 g/mol. The number of nitrogens with zero attached hydrogens (tertiary/aromatic N) is 1. The van der Waals surface area contributed by atoms with Gasteiger partial charge in [-0.2, -0.15) is 5.26 Å². The first kappa shape index (κ1) is 15.0. The average molecular weight is 261 g/mol. The zero-order chi connectivity index (χ0) is 13.9. The van der Waals surface area contributed by atoms with E-state index in [9.17, 15) is 4.79 Å². The Labute approximate surface area is 113 Å². The molecule has 0 aliphatic carbocycles. The number of hydrogen-bond donors (Lipinski definition) is 3. The van der Waals surface area contributed by atoms with E-state index in [0.29, 0.717) is 17.8 Å². The number of unbranched alkanes of at least 4 members (excludes halogenated alkanes) is 3. The van der Waals surface area contributed by atoms with E-state index in [4.69, 9.17) is 10.4 Å². The first-order valence-corrected chi connectivity index (χ1v) is 6.42. The summed E-state index contributed by atoms with van der Waals surface area (Å²) in [6.45, 7) is 0.847. The number of anilines is 1. The van der Waals surface area contributed by atoms with Gasteiger partial charge in [-0.25, -0.2) is 4.79 Å². The van der Waals surface area contributed by atoms with Gasteiger partial charge < -0.3 is 15.7 Å². The van der Waals surface area contributed by atoms with Gasteiger partial charge in [-0.15, -0.1) is 0 Å². The lowest BCUT2D eigenvalue weighted by Crippen LogP contribution is -2.29. The lowest BCUT2D eigenvalue weighted by Gasteiger charge is -2.07. The first-order chi connectivity index (χ1) is 9.26. The van der Waals surface area contributed by atoms with Gasteiger partial charge in [0.05, 0.1) is 11.6 Å². The summed E-state index contributed by atoms with van der Waals surface area (Å²) in [6.07, 6.45) is 3.70. The number of amides is 2. The predicted octanol–water partition coefficient (Wildman–Crippen LogP) is 2.23. The number of rotatable bonds is 7. The Morgan fingerprint density at radius 1 is 1.16 bits per heavy atom. The Morgan fingerprint density at radius 2 is 1.84 bits per heavy atom. The molecule has 1 aromatic carbocycles. The van der Waals surface area contributed by atoms with Crippen LogP contribution in [-0.2, 0) is 0 Å². The molecule has 0 bridgehead atoms. The summed E-state index contributed by atoms with van der Waals surface area (Å²) in [7, 11) is 0. The van der Waals surface area contributed by atoms with Crippen LogP contribution in [0.1, 0.15) is 31.2 Å². The number of hydrogen-bond acceptors (Lipinski definition) is 3. The molecule has 0 aliphatic heterocycles. The van der Waals surface area contributed by atoms with E-state index < -0.39 is 0 Å². The normalized spacial score (nSPS) is 9.68. The molecule has 0 aliphatic rings. The van der Waals surface area contributed by atoms with Crippen molar-refractivity contribution in [3.63, 3.8) is 0 Å². The number of carbonyl (C=O) groups excluding carboxylic acids is 1. The Kier molecular flexibility index (Phi) is 7.06. The molecule has 5 nitrogen and oxygen atoms in total. The summed E-state index contributed by atoms with van der Waals surface area (Å²) >= 11 is 0. The van der Waals surface area contributed by atoms with Crippen molar-refractivity contribution in [1.29, 1.82) is 5.26 Å². The number of nitriles is 1. The van der Waals surface area contributed by atoms with Crippen molar-refractivity contribution in [2.45, 2.75) is 25.7 Å². The second kappa shape index (κ2) is 8.95. The van der Waals surface area contributed by atoms with Gasteiger partial charge in [0.2, 0.25) is 0 Å². The third-order valence-corrected chi connectivity index (χ3v) is 2.64. The van der Waals surface area contributed by atoms with Crippen LogP contribution in [0.4, 0.5) is 10.5 Å². The minimum atomic E-state index is -0.244. The topological polar surface area (TPSA) is 85.2 Å². The van der Waals surface area contributed by atoms with Crippen molar-refractivity contribution in [1.82, 2.24) is 5.32 Å². The molecule has 5 heteroatoms. The van der Waals surface area contributed by atoms with Crippen LogP contribution in [0.5, 0.6) is 0 Å².